The van der Waals surface area contributed by atoms with Gasteiger partial charge in [-0.1, -0.05) is 27.7 Å². The molecule has 100 valence electrons. The maximum atomic E-state index is 5.49. The van der Waals surface area contributed by atoms with Gasteiger partial charge in [0.1, 0.15) is 0 Å². The van der Waals surface area contributed by atoms with E-state index in [2.05, 4.69) is 27.7 Å². The predicted octanol–water partition coefficient (Wildman–Crippen LogP) is 3.38. The van der Waals surface area contributed by atoms with Gasteiger partial charge in [0.25, 0.3) is 0 Å². The Hall–Kier alpha value is -0.960. The van der Waals surface area contributed by atoms with Crippen LogP contribution in [0.4, 0.5) is 0 Å². The lowest BCUT2D eigenvalue weighted by molar-refractivity contribution is 0.176. The molecule has 0 aliphatic heterocycles. The molecule has 0 aromatic carbocycles. The topological polar surface area (TPSA) is 27.7 Å². The first-order valence-corrected chi connectivity index (χ1v) is 6.08. The van der Waals surface area contributed by atoms with Gasteiger partial charge in [-0.05, 0) is 12.2 Å². The Balaban J connectivity index is 3.99. The smallest absolute Gasteiger partial charge is 0.0963 e. The van der Waals surface area contributed by atoms with Crippen LogP contribution in [-0.2, 0) is 14.2 Å². The molecule has 0 unspecified atom stereocenters. The van der Waals surface area contributed by atoms with Crippen LogP contribution in [-0.4, -0.2) is 27.4 Å². The van der Waals surface area contributed by atoms with E-state index in [1.54, 1.807) is 14.2 Å². The lowest BCUT2D eigenvalue weighted by atomic mass is 10.1. The normalized spacial score (nSPS) is 13.4. The zero-order chi connectivity index (χ0) is 13.3. The minimum atomic E-state index is 0.393. The molecule has 0 amide bonds. The fourth-order valence-electron chi connectivity index (χ4n) is 1.46. The molecule has 0 rings (SSSR count). The van der Waals surface area contributed by atoms with Crippen LogP contribution >= 0.6 is 0 Å². The Morgan fingerprint density at radius 2 is 1.18 bits per heavy atom. The first-order valence-electron chi connectivity index (χ1n) is 6.08. The second-order valence-corrected chi connectivity index (χ2v) is 4.47. The number of hydrogen-bond acceptors (Lipinski definition) is 3. The molecule has 0 radical (unpaired) electrons. The van der Waals surface area contributed by atoms with Gasteiger partial charge in [0.05, 0.1) is 39.0 Å². The third kappa shape index (κ3) is 7.05. The fraction of sp³-hybridized carbons (Fsp3) is 0.714. The van der Waals surface area contributed by atoms with E-state index in [1.165, 1.54) is 0 Å². The molecular formula is C14H26O3. The second kappa shape index (κ2) is 9.11. The van der Waals surface area contributed by atoms with E-state index in [0.29, 0.717) is 25.0 Å². The van der Waals surface area contributed by atoms with Crippen LogP contribution in [0.15, 0.2) is 23.7 Å². The molecule has 0 aliphatic rings. The molecule has 0 aliphatic carbocycles. The van der Waals surface area contributed by atoms with Gasteiger partial charge in [-0.15, -0.1) is 0 Å². The van der Waals surface area contributed by atoms with Crippen molar-refractivity contribution in [2.45, 2.75) is 27.7 Å². The summed E-state index contributed by atoms with van der Waals surface area (Å²) in [6.45, 7) is 9.50. The van der Waals surface area contributed by atoms with E-state index < -0.39 is 0 Å². The van der Waals surface area contributed by atoms with E-state index in [1.807, 2.05) is 12.2 Å². The van der Waals surface area contributed by atoms with Crippen LogP contribution < -0.4 is 0 Å². The van der Waals surface area contributed by atoms with Crippen LogP contribution in [0.1, 0.15) is 27.7 Å². The Bertz CT molecular complexity index is 226. The molecule has 0 spiro atoms. The second-order valence-electron chi connectivity index (χ2n) is 4.47. The standard InChI is InChI=1S/C14H26O3/c1-11(2)13(15-5)7-9-17-10-8-14(16-6)12(3)4/h7-8,11-12H,9-10H2,1-6H3. The van der Waals surface area contributed by atoms with Crippen LogP contribution in [0.25, 0.3) is 0 Å². The van der Waals surface area contributed by atoms with Crippen molar-refractivity contribution < 1.29 is 14.2 Å². The highest BCUT2D eigenvalue weighted by Gasteiger charge is 2.02. The Labute approximate surface area is 105 Å². The first kappa shape index (κ1) is 16.0. The van der Waals surface area contributed by atoms with Gasteiger partial charge in [-0.3, -0.25) is 0 Å². The van der Waals surface area contributed by atoms with Gasteiger partial charge < -0.3 is 14.2 Å². The third-order valence-corrected chi connectivity index (χ3v) is 2.41. The van der Waals surface area contributed by atoms with Gasteiger partial charge in [0.2, 0.25) is 0 Å². The van der Waals surface area contributed by atoms with Crippen molar-refractivity contribution in [3.05, 3.63) is 23.7 Å². The molecule has 17 heavy (non-hydrogen) atoms. The van der Waals surface area contributed by atoms with E-state index in [0.717, 1.165) is 11.5 Å². The molecule has 0 saturated heterocycles. The number of allylic oxidation sites excluding steroid dienone is 2. The van der Waals surface area contributed by atoms with Crippen molar-refractivity contribution in [3.8, 4) is 0 Å². The maximum absolute atomic E-state index is 5.49. The fourth-order valence-corrected chi connectivity index (χ4v) is 1.46. The summed E-state index contributed by atoms with van der Waals surface area (Å²) < 4.78 is 16.0. The quantitative estimate of drug-likeness (QED) is 0.482. The van der Waals surface area contributed by atoms with Crippen molar-refractivity contribution in [3.63, 3.8) is 0 Å². The van der Waals surface area contributed by atoms with Crippen LogP contribution in [0, 0.1) is 11.8 Å². The highest BCUT2D eigenvalue weighted by Crippen LogP contribution is 2.10. The number of rotatable bonds is 8. The van der Waals surface area contributed by atoms with Gasteiger partial charge in [-0.25, -0.2) is 0 Å². The SMILES string of the molecule is COC(=CCOCC=C(OC)C(C)C)C(C)C. The molecule has 0 saturated carbocycles. The Morgan fingerprint density at radius 3 is 1.41 bits per heavy atom. The lowest BCUT2D eigenvalue weighted by Crippen LogP contribution is -2.02. The van der Waals surface area contributed by atoms with Crippen molar-refractivity contribution >= 4 is 0 Å². The van der Waals surface area contributed by atoms with Gasteiger partial charge >= 0.3 is 0 Å². The van der Waals surface area contributed by atoms with Crippen molar-refractivity contribution in [1.29, 1.82) is 0 Å². The minimum absolute atomic E-state index is 0.393. The summed E-state index contributed by atoms with van der Waals surface area (Å²) >= 11 is 0. The summed E-state index contributed by atoms with van der Waals surface area (Å²) in [6, 6.07) is 0. The molecule has 0 fully saturated rings. The van der Waals surface area contributed by atoms with Crippen molar-refractivity contribution in [2.24, 2.45) is 11.8 Å². The number of hydrogen-bond donors (Lipinski definition) is 0. The average molecular weight is 242 g/mol. The van der Waals surface area contributed by atoms with Gasteiger partial charge in [0.15, 0.2) is 0 Å². The lowest BCUT2D eigenvalue weighted by Gasteiger charge is -2.10. The molecular weight excluding hydrogens is 216 g/mol. The minimum Gasteiger partial charge on any atom is -0.501 e. The number of ether oxygens (including phenoxy) is 3. The molecule has 3 heteroatoms. The number of methoxy groups -OCH3 is 2. The largest absolute Gasteiger partial charge is 0.501 e. The molecule has 0 aromatic rings. The first-order chi connectivity index (χ1) is 8.02. The molecule has 0 heterocycles. The molecule has 0 atom stereocenters. The van der Waals surface area contributed by atoms with Crippen molar-refractivity contribution in [2.75, 3.05) is 27.4 Å². The molecule has 0 bridgehead atoms. The maximum Gasteiger partial charge on any atom is 0.0963 e. The third-order valence-electron chi connectivity index (χ3n) is 2.41. The van der Waals surface area contributed by atoms with E-state index in [4.69, 9.17) is 14.2 Å². The van der Waals surface area contributed by atoms with Crippen LogP contribution in [0.2, 0.25) is 0 Å². The predicted molar refractivity (Wildman–Crippen MR) is 70.7 cm³/mol. The van der Waals surface area contributed by atoms with Gasteiger partial charge in [0, 0.05) is 11.8 Å². The van der Waals surface area contributed by atoms with E-state index >= 15 is 0 Å². The average Bonchev–Trinajstić information content (AvgIpc) is 2.27. The summed E-state index contributed by atoms with van der Waals surface area (Å²) in [5, 5.41) is 0. The molecule has 0 N–H and O–H groups in total. The monoisotopic (exact) mass is 242 g/mol. The van der Waals surface area contributed by atoms with Crippen LogP contribution in [0.3, 0.4) is 0 Å². The zero-order valence-electron chi connectivity index (χ0n) is 11.9. The van der Waals surface area contributed by atoms with Gasteiger partial charge in [-0.2, -0.15) is 0 Å². The Morgan fingerprint density at radius 1 is 0.824 bits per heavy atom. The highest BCUT2D eigenvalue weighted by atomic mass is 16.5. The summed E-state index contributed by atoms with van der Waals surface area (Å²) in [5.41, 5.74) is 0. The summed E-state index contributed by atoms with van der Waals surface area (Å²) in [5.74, 6) is 2.71. The molecule has 0 aromatic heterocycles. The highest BCUT2D eigenvalue weighted by molar-refractivity contribution is 4.97. The summed E-state index contributed by atoms with van der Waals surface area (Å²) in [6.07, 6.45) is 3.95. The van der Waals surface area contributed by atoms with Crippen LogP contribution in [0.5, 0.6) is 0 Å². The molecule has 3 nitrogen and oxygen atoms in total. The summed E-state index contributed by atoms with van der Waals surface area (Å²) in [7, 11) is 3.38. The zero-order valence-corrected chi connectivity index (χ0v) is 11.9. The summed E-state index contributed by atoms with van der Waals surface area (Å²) in [4.78, 5) is 0. The Kier molecular flexibility index (Phi) is 8.60. The van der Waals surface area contributed by atoms with E-state index in [-0.39, 0.29) is 0 Å². The van der Waals surface area contributed by atoms with E-state index in [9.17, 15) is 0 Å². The van der Waals surface area contributed by atoms with Crippen molar-refractivity contribution in [1.82, 2.24) is 0 Å².